The van der Waals surface area contributed by atoms with Gasteiger partial charge in [-0.15, -0.1) is 11.3 Å². The van der Waals surface area contributed by atoms with E-state index in [2.05, 4.69) is 4.72 Å². The molecule has 2 heterocycles. The second-order valence-electron chi connectivity index (χ2n) is 7.43. The lowest BCUT2D eigenvalue weighted by molar-refractivity contribution is -0.135. The lowest BCUT2D eigenvalue weighted by Gasteiger charge is -2.29. The van der Waals surface area contributed by atoms with E-state index < -0.39 is 21.8 Å². The van der Waals surface area contributed by atoms with Crippen LogP contribution in [-0.2, 0) is 39.1 Å². The van der Waals surface area contributed by atoms with E-state index in [4.69, 9.17) is 4.74 Å². The SMILES string of the molecule is CC[C@H](C)C(=O)N1CCc2c(sc(S(=O)(=O)NCc3ccc(F)cc3)c2C(=O)OC)C1. The fourth-order valence-electron chi connectivity index (χ4n) is 3.40. The molecule has 0 saturated heterocycles. The zero-order valence-electron chi connectivity index (χ0n) is 17.6. The first-order valence-corrected chi connectivity index (χ1v) is 12.2. The zero-order valence-corrected chi connectivity index (χ0v) is 19.2. The lowest BCUT2D eigenvalue weighted by Crippen LogP contribution is -2.38. The van der Waals surface area contributed by atoms with Crippen LogP contribution in [-0.4, -0.2) is 38.8 Å². The van der Waals surface area contributed by atoms with Crippen molar-refractivity contribution in [1.82, 2.24) is 9.62 Å². The maximum atomic E-state index is 13.1. The van der Waals surface area contributed by atoms with Crippen molar-refractivity contribution in [2.24, 2.45) is 5.92 Å². The summed E-state index contributed by atoms with van der Waals surface area (Å²) < 4.78 is 46.4. The van der Waals surface area contributed by atoms with Crippen LogP contribution in [0.4, 0.5) is 4.39 Å². The van der Waals surface area contributed by atoms with Crippen molar-refractivity contribution in [3.05, 3.63) is 51.7 Å². The van der Waals surface area contributed by atoms with Crippen LogP contribution in [0.5, 0.6) is 0 Å². The van der Waals surface area contributed by atoms with Gasteiger partial charge in [0.2, 0.25) is 5.91 Å². The van der Waals surface area contributed by atoms with E-state index in [0.717, 1.165) is 11.3 Å². The predicted octanol–water partition coefficient (Wildman–Crippen LogP) is 3.08. The van der Waals surface area contributed by atoms with E-state index in [0.29, 0.717) is 35.4 Å². The molecule has 1 amide bonds. The molecular weight excluding hydrogens is 443 g/mol. The number of esters is 1. The summed E-state index contributed by atoms with van der Waals surface area (Å²) in [6.07, 6.45) is 1.10. The summed E-state index contributed by atoms with van der Waals surface area (Å²) in [5.74, 6) is -1.24. The molecule has 0 spiro atoms. The molecule has 1 N–H and O–H groups in total. The first kappa shape index (κ1) is 23.4. The lowest BCUT2D eigenvalue weighted by atomic mass is 10.0. The van der Waals surface area contributed by atoms with Gasteiger partial charge < -0.3 is 9.64 Å². The van der Waals surface area contributed by atoms with Gasteiger partial charge in [-0.1, -0.05) is 26.0 Å². The highest BCUT2D eigenvalue weighted by Crippen LogP contribution is 2.37. The molecule has 0 radical (unpaired) electrons. The van der Waals surface area contributed by atoms with Crippen LogP contribution in [0.25, 0.3) is 0 Å². The Morgan fingerprint density at radius 3 is 2.58 bits per heavy atom. The second-order valence-corrected chi connectivity index (χ2v) is 10.5. The van der Waals surface area contributed by atoms with Gasteiger partial charge in [-0.3, -0.25) is 4.79 Å². The molecular formula is C21H25FN2O5S2. The molecule has 0 aliphatic carbocycles. The highest BCUT2D eigenvalue weighted by molar-refractivity contribution is 7.91. The molecule has 168 valence electrons. The summed E-state index contributed by atoms with van der Waals surface area (Å²) >= 11 is 0.985. The van der Waals surface area contributed by atoms with E-state index >= 15 is 0 Å². The minimum atomic E-state index is -4.04. The van der Waals surface area contributed by atoms with Crippen molar-refractivity contribution < 1.29 is 27.1 Å². The second kappa shape index (κ2) is 9.46. The predicted molar refractivity (Wildman–Crippen MR) is 115 cm³/mol. The number of halogens is 1. The van der Waals surface area contributed by atoms with Crippen LogP contribution in [0.15, 0.2) is 28.5 Å². The van der Waals surface area contributed by atoms with Gasteiger partial charge in [0.1, 0.15) is 10.0 Å². The average Bonchev–Trinajstić information content (AvgIpc) is 3.17. The Hall–Kier alpha value is -2.30. The number of amides is 1. The standard InChI is InChI=1S/C21H25FN2O5S2/c1-4-13(2)19(25)24-10-9-16-17(12-24)30-21(18(16)20(26)29-3)31(27,28)23-11-14-5-7-15(22)8-6-14/h5-8,13,23H,4,9-12H2,1-3H3/t13-/m0/s1. The molecule has 0 unspecified atom stereocenters. The average molecular weight is 469 g/mol. The Bertz CT molecular complexity index is 1080. The molecule has 1 aliphatic rings. The number of carbonyl (C=O) groups is 2. The first-order chi connectivity index (χ1) is 14.7. The maximum Gasteiger partial charge on any atom is 0.340 e. The third-order valence-corrected chi connectivity index (χ3v) is 8.52. The van der Waals surface area contributed by atoms with E-state index in [1.54, 1.807) is 4.90 Å². The van der Waals surface area contributed by atoms with E-state index in [1.165, 1.54) is 31.4 Å². The number of hydrogen-bond acceptors (Lipinski definition) is 6. The Balaban J connectivity index is 1.91. The number of nitrogens with one attached hydrogen (secondary N) is 1. The summed E-state index contributed by atoms with van der Waals surface area (Å²) in [4.78, 5) is 27.4. The summed E-state index contributed by atoms with van der Waals surface area (Å²) in [6.45, 7) is 4.43. The van der Waals surface area contributed by atoms with Gasteiger partial charge in [0.05, 0.1) is 19.2 Å². The molecule has 0 saturated carbocycles. The topological polar surface area (TPSA) is 92.8 Å². The van der Waals surface area contributed by atoms with Crippen LogP contribution in [0.1, 0.15) is 46.6 Å². The number of fused-ring (bicyclic) bond motifs is 1. The summed E-state index contributed by atoms with van der Waals surface area (Å²) in [6, 6.07) is 5.46. The molecule has 0 bridgehead atoms. The molecule has 1 atom stereocenters. The first-order valence-electron chi connectivity index (χ1n) is 9.93. The van der Waals surface area contributed by atoms with Crippen molar-refractivity contribution in [3.63, 3.8) is 0 Å². The number of sulfonamides is 1. The van der Waals surface area contributed by atoms with Gasteiger partial charge in [0.25, 0.3) is 10.0 Å². The highest BCUT2D eigenvalue weighted by Gasteiger charge is 2.35. The van der Waals surface area contributed by atoms with Crippen LogP contribution in [0.2, 0.25) is 0 Å². The Morgan fingerprint density at radius 1 is 1.29 bits per heavy atom. The molecule has 1 aliphatic heterocycles. The van der Waals surface area contributed by atoms with Gasteiger partial charge in [-0.2, -0.15) is 0 Å². The van der Waals surface area contributed by atoms with Gasteiger partial charge in [-0.25, -0.2) is 22.3 Å². The number of methoxy groups -OCH3 is 1. The summed E-state index contributed by atoms with van der Waals surface area (Å²) in [5.41, 5.74) is 1.23. The fourth-order valence-corrected chi connectivity index (χ4v) is 6.36. The fraction of sp³-hybridized carbons (Fsp3) is 0.429. The minimum absolute atomic E-state index is 0.0139. The van der Waals surface area contributed by atoms with Crippen molar-refractivity contribution in [1.29, 1.82) is 0 Å². The van der Waals surface area contributed by atoms with Crippen LogP contribution in [0, 0.1) is 11.7 Å². The number of carbonyl (C=O) groups excluding carboxylic acids is 2. The number of hydrogen-bond donors (Lipinski definition) is 1. The minimum Gasteiger partial charge on any atom is -0.465 e. The van der Waals surface area contributed by atoms with Crippen molar-refractivity contribution in [3.8, 4) is 0 Å². The van der Waals surface area contributed by atoms with Crippen LogP contribution < -0.4 is 4.72 Å². The van der Waals surface area contributed by atoms with Gasteiger partial charge >= 0.3 is 5.97 Å². The summed E-state index contributed by atoms with van der Waals surface area (Å²) in [5, 5.41) is 0. The van der Waals surface area contributed by atoms with Gasteiger partial charge in [0, 0.05) is 23.9 Å². The highest BCUT2D eigenvalue weighted by atomic mass is 32.2. The zero-order chi connectivity index (χ0) is 22.8. The third-order valence-electron chi connectivity index (χ3n) is 5.38. The molecule has 1 aromatic heterocycles. The van der Waals surface area contributed by atoms with Crippen LogP contribution >= 0.6 is 11.3 Å². The molecule has 0 fully saturated rings. The van der Waals surface area contributed by atoms with Gasteiger partial charge in [0.15, 0.2) is 0 Å². The molecule has 1 aromatic carbocycles. The molecule has 10 heteroatoms. The molecule has 31 heavy (non-hydrogen) atoms. The van der Waals surface area contributed by atoms with E-state index in [9.17, 15) is 22.4 Å². The number of thiophene rings is 1. The smallest absolute Gasteiger partial charge is 0.340 e. The summed E-state index contributed by atoms with van der Waals surface area (Å²) in [7, 11) is -2.83. The number of benzene rings is 1. The molecule has 3 rings (SSSR count). The largest absolute Gasteiger partial charge is 0.465 e. The van der Waals surface area contributed by atoms with Crippen molar-refractivity contribution in [2.45, 2.75) is 44.0 Å². The van der Waals surface area contributed by atoms with Crippen molar-refractivity contribution >= 4 is 33.2 Å². The quantitative estimate of drug-likeness (QED) is 0.631. The maximum absolute atomic E-state index is 13.1. The van der Waals surface area contributed by atoms with Crippen LogP contribution in [0.3, 0.4) is 0 Å². The van der Waals surface area contributed by atoms with E-state index in [-0.39, 0.29) is 34.7 Å². The normalized spacial score (nSPS) is 14.8. The monoisotopic (exact) mass is 468 g/mol. The number of ether oxygens (including phenoxy) is 1. The van der Waals surface area contributed by atoms with Gasteiger partial charge in [-0.05, 0) is 36.1 Å². The van der Waals surface area contributed by atoms with Crippen molar-refractivity contribution in [2.75, 3.05) is 13.7 Å². The Labute approximate surface area is 185 Å². The Kier molecular flexibility index (Phi) is 7.13. The number of nitrogens with zero attached hydrogens (tertiary/aromatic N) is 1. The molecule has 2 aromatic rings. The Morgan fingerprint density at radius 2 is 1.97 bits per heavy atom. The van der Waals surface area contributed by atoms with E-state index in [1.807, 2.05) is 13.8 Å². The molecule has 7 nitrogen and oxygen atoms in total. The number of rotatable bonds is 7. The third kappa shape index (κ3) is 4.97.